The van der Waals surface area contributed by atoms with E-state index < -0.39 is 5.92 Å². The Labute approximate surface area is 133 Å². The summed E-state index contributed by atoms with van der Waals surface area (Å²) in [6.45, 7) is 1.81. The highest BCUT2D eigenvalue weighted by Gasteiger charge is 2.37. The highest BCUT2D eigenvalue weighted by Crippen LogP contribution is 2.31. The van der Waals surface area contributed by atoms with Gasteiger partial charge >= 0.3 is 0 Å². The first-order chi connectivity index (χ1) is 9.99. The molecule has 0 radical (unpaired) electrons. The number of fused-ring (bicyclic) bond motifs is 1. The van der Waals surface area contributed by atoms with E-state index in [0.717, 1.165) is 19.7 Å². The standard InChI is InChI=1S/C15H12BrNO3S/c1-7-8(5-6-11-13(7)17-15(16)21-11)14(20)12-9(18)3-2-4-10(12)19/h5-6,12H,2-4H2,1H3. The lowest BCUT2D eigenvalue weighted by atomic mass is 9.81. The maximum Gasteiger partial charge on any atom is 0.181 e. The van der Waals surface area contributed by atoms with E-state index in [0.29, 0.717) is 24.8 Å². The minimum atomic E-state index is -1.11. The van der Waals surface area contributed by atoms with Gasteiger partial charge in [-0.05, 0) is 47.0 Å². The lowest BCUT2D eigenvalue weighted by molar-refractivity contribution is -0.133. The van der Waals surface area contributed by atoms with E-state index in [1.165, 1.54) is 11.3 Å². The molecule has 0 aliphatic heterocycles. The largest absolute Gasteiger partial charge is 0.298 e. The molecule has 0 N–H and O–H groups in total. The van der Waals surface area contributed by atoms with Gasteiger partial charge in [-0.1, -0.05) is 0 Å². The highest BCUT2D eigenvalue weighted by molar-refractivity contribution is 9.11. The zero-order valence-corrected chi connectivity index (χ0v) is 13.7. The molecule has 0 bridgehead atoms. The van der Waals surface area contributed by atoms with Crippen molar-refractivity contribution < 1.29 is 14.4 Å². The van der Waals surface area contributed by atoms with Crippen molar-refractivity contribution >= 4 is 54.8 Å². The van der Waals surface area contributed by atoms with Crippen LogP contribution in [0, 0.1) is 12.8 Å². The fraction of sp³-hybridized carbons (Fsp3) is 0.333. The zero-order chi connectivity index (χ0) is 15.1. The van der Waals surface area contributed by atoms with Gasteiger partial charge in [0.05, 0.1) is 10.2 Å². The number of benzene rings is 1. The summed E-state index contributed by atoms with van der Waals surface area (Å²) in [5.74, 6) is -2.00. The van der Waals surface area contributed by atoms with Gasteiger partial charge < -0.3 is 0 Å². The first kappa shape index (κ1) is 14.5. The third-order valence-electron chi connectivity index (χ3n) is 3.81. The van der Waals surface area contributed by atoms with Crippen LogP contribution in [0.25, 0.3) is 10.2 Å². The van der Waals surface area contributed by atoms with E-state index in [4.69, 9.17) is 0 Å². The van der Waals surface area contributed by atoms with Crippen LogP contribution in [-0.2, 0) is 9.59 Å². The number of Topliss-reactive ketones (excluding diaryl/α,β-unsaturated/α-hetero) is 3. The van der Waals surface area contributed by atoms with E-state index in [1.54, 1.807) is 13.0 Å². The van der Waals surface area contributed by atoms with Gasteiger partial charge in [-0.25, -0.2) is 4.98 Å². The SMILES string of the molecule is Cc1c(C(=O)C2C(=O)CCCC2=O)ccc2sc(Br)nc12. The van der Waals surface area contributed by atoms with E-state index in [1.807, 2.05) is 6.07 Å². The van der Waals surface area contributed by atoms with Crippen LogP contribution < -0.4 is 0 Å². The van der Waals surface area contributed by atoms with Crippen molar-refractivity contribution in [1.29, 1.82) is 0 Å². The number of rotatable bonds is 2. The number of nitrogens with zero attached hydrogens (tertiary/aromatic N) is 1. The Hall–Kier alpha value is -1.40. The predicted molar refractivity (Wildman–Crippen MR) is 83.7 cm³/mol. The molecule has 1 aliphatic carbocycles. The maximum atomic E-state index is 12.6. The minimum Gasteiger partial charge on any atom is -0.298 e. The highest BCUT2D eigenvalue weighted by atomic mass is 79.9. The average Bonchev–Trinajstić information content (AvgIpc) is 2.80. The molecule has 0 atom stereocenters. The molecular formula is C15H12BrNO3S. The third kappa shape index (κ3) is 2.46. The van der Waals surface area contributed by atoms with Crippen molar-refractivity contribution in [3.05, 3.63) is 27.2 Å². The minimum absolute atomic E-state index is 0.254. The van der Waals surface area contributed by atoms with Gasteiger partial charge in [-0.2, -0.15) is 0 Å². The summed E-state index contributed by atoms with van der Waals surface area (Å²) in [5.41, 5.74) is 1.90. The van der Waals surface area contributed by atoms with Gasteiger partial charge in [0.1, 0.15) is 5.92 Å². The summed E-state index contributed by atoms with van der Waals surface area (Å²) in [5, 5.41) is 0. The molecule has 1 aromatic carbocycles. The molecule has 0 saturated heterocycles. The summed E-state index contributed by atoms with van der Waals surface area (Å²) < 4.78 is 1.72. The van der Waals surface area contributed by atoms with Crippen molar-refractivity contribution in [2.45, 2.75) is 26.2 Å². The number of thiazole rings is 1. The van der Waals surface area contributed by atoms with E-state index in [-0.39, 0.29) is 17.3 Å². The molecule has 0 unspecified atom stereocenters. The van der Waals surface area contributed by atoms with Gasteiger partial charge in [-0.3, -0.25) is 14.4 Å². The molecule has 3 rings (SSSR count). The molecule has 1 saturated carbocycles. The summed E-state index contributed by atoms with van der Waals surface area (Å²) in [6, 6.07) is 3.51. The number of carbonyl (C=O) groups is 3. The van der Waals surface area contributed by atoms with Crippen LogP contribution in [0.1, 0.15) is 35.2 Å². The van der Waals surface area contributed by atoms with Crippen molar-refractivity contribution in [1.82, 2.24) is 4.98 Å². The number of aromatic nitrogens is 1. The fourth-order valence-electron chi connectivity index (χ4n) is 2.72. The molecule has 1 heterocycles. The molecule has 6 heteroatoms. The Bertz CT molecular complexity index is 765. The van der Waals surface area contributed by atoms with E-state index in [2.05, 4.69) is 20.9 Å². The Morgan fingerprint density at radius 1 is 1.29 bits per heavy atom. The first-order valence-corrected chi connectivity index (χ1v) is 8.25. The summed E-state index contributed by atoms with van der Waals surface area (Å²) in [6.07, 6.45) is 1.18. The molecule has 1 aromatic heterocycles. The lowest BCUT2D eigenvalue weighted by Crippen LogP contribution is -2.35. The van der Waals surface area contributed by atoms with Crippen LogP contribution in [0.5, 0.6) is 0 Å². The number of hydrogen-bond donors (Lipinski definition) is 0. The van der Waals surface area contributed by atoms with Crippen molar-refractivity contribution in [3.8, 4) is 0 Å². The average molecular weight is 366 g/mol. The van der Waals surface area contributed by atoms with Crippen LogP contribution in [-0.4, -0.2) is 22.3 Å². The monoisotopic (exact) mass is 365 g/mol. The molecule has 108 valence electrons. The van der Waals surface area contributed by atoms with Gasteiger partial charge in [0.15, 0.2) is 21.3 Å². The molecule has 2 aromatic rings. The van der Waals surface area contributed by atoms with Gasteiger partial charge in [0, 0.05) is 18.4 Å². The maximum absolute atomic E-state index is 12.6. The van der Waals surface area contributed by atoms with Gasteiger partial charge in [0.25, 0.3) is 0 Å². The third-order valence-corrected chi connectivity index (χ3v) is 5.28. The normalized spacial score (nSPS) is 16.7. The number of carbonyl (C=O) groups excluding carboxylic acids is 3. The van der Waals surface area contributed by atoms with E-state index in [9.17, 15) is 14.4 Å². The summed E-state index contributed by atoms with van der Waals surface area (Å²) in [4.78, 5) is 40.8. The second-order valence-electron chi connectivity index (χ2n) is 5.14. The number of halogens is 1. The molecule has 0 amide bonds. The Morgan fingerprint density at radius 3 is 2.62 bits per heavy atom. The summed E-state index contributed by atoms with van der Waals surface area (Å²) >= 11 is 4.81. The summed E-state index contributed by atoms with van der Waals surface area (Å²) in [7, 11) is 0. The Morgan fingerprint density at radius 2 is 1.95 bits per heavy atom. The smallest absolute Gasteiger partial charge is 0.181 e. The molecule has 1 aliphatic rings. The van der Waals surface area contributed by atoms with E-state index >= 15 is 0 Å². The second-order valence-corrected chi connectivity index (χ2v) is 7.44. The van der Waals surface area contributed by atoms with Crippen LogP contribution in [0.3, 0.4) is 0 Å². The van der Waals surface area contributed by atoms with Gasteiger partial charge in [0.2, 0.25) is 0 Å². The molecule has 4 nitrogen and oxygen atoms in total. The molecule has 21 heavy (non-hydrogen) atoms. The fourth-order valence-corrected chi connectivity index (χ4v) is 4.17. The Balaban J connectivity index is 2.07. The van der Waals surface area contributed by atoms with Crippen LogP contribution in [0.15, 0.2) is 16.0 Å². The van der Waals surface area contributed by atoms with Crippen LogP contribution in [0.2, 0.25) is 0 Å². The topological polar surface area (TPSA) is 64.1 Å². The molecule has 1 fully saturated rings. The predicted octanol–water partition coefficient (Wildman–Crippen LogP) is 3.49. The number of aryl methyl sites for hydroxylation is 1. The lowest BCUT2D eigenvalue weighted by Gasteiger charge is -2.19. The zero-order valence-electron chi connectivity index (χ0n) is 11.3. The van der Waals surface area contributed by atoms with Crippen LogP contribution >= 0.6 is 27.3 Å². The second kappa shape index (κ2) is 5.42. The number of hydrogen-bond acceptors (Lipinski definition) is 5. The first-order valence-electron chi connectivity index (χ1n) is 6.64. The quantitative estimate of drug-likeness (QED) is 0.603. The van der Waals surface area contributed by atoms with Crippen LogP contribution in [0.4, 0.5) is 0 Å². The van der Waals surface area contributed by atoms with Crippen molar-refractivity contribution in [3.63, 3.8) is 0 Å². The number of ketones is 3. The Kier molecular flexibility index (Phi) is 3.75. The van der Waals surface area contributed by atoms with Crippen molar-refractivity contribution in [2.24, 2.45) is 5.92 Å². The van der Waals surface area contributed by atoms with Crippen molar-refractivity contribution in [2.75, 3.05) is 0 Å². The molecule has 0 spiro atoms. The molecular weight excluding hydrogens is 354 g/mol. The van der Waals surface area contributed by atoms with Gasteiger partial charge in [-0.15, -0.1) is 11.3 Å².